The van der Waals surface area contributed by atoms with Gasteiger partial charge in [-0.25, -0.2) is 0 Å². The van der Waals surface area contributed by atoms with Gasteiger partial charge in [0.25, 0.3) is 0 Å². The maximum absolute atomic E-state index is 8.77. The zero-order valence-corrected chi connectivity index (χ0v) is 23.0. The highest BCUT2D eigenvalue weighted by Gasteiger charge is 2.03. The molecule has 0 aliphatic rings. The van der Waals surface area contributed by atoms with Crippen molar-refractivity contribution in [1.82, 2.24) is 0 Å². The van der Waals surface area contributed by atoms with Crippen LogP contribution in [0.4, 0.5) is 0 Å². The van der Waals surface area contributed by atoms with E-state index in [1.54, 1.807) is 0 Å². The molecule has 32 heavy (non-hydrogen) atoms. The molecule has 1 N–H and O–H groups in total. The largest absolute Gasteiger partial charge is 0.396 e. The first-order valence-corrected chi connectivity index (χ1v) is 15.3. The summed E-state index contributed by atoms with van der Waals surface area (Å²) >= 11 is 0. The molecule has 2 atom stereocenters. The normalized spacial score (nSPS) is 13.5. The lowest BCUT2D eigenvalue weighted by Crippen LogP contribution is -1.95. The first kappa shape index (κ1) is 32.0. The van der Waals surface area contributed by atoms with E-state index in [0.29, 0.717) is 6.61 Å². The molecule has 0 aliphatic carbocycles. The molecule has 0 aromatic heterocycles. The molecule has 0 aliphatic heterocycles. The Labute approximate surface area is 204 Å². The SMILES string of the molecule is CCC(C)CCCCCCCC(C)CCCCCCCCCCCCCCCCCCO. The molecule has 0 saturated carbocycles. The van der Waals surface area contributed by atoms with Crippen LogP contribution in [-0.2, 0) is 0 Å². The number of aliphatic hydroxyl groups excluding tert-OH is 1. The molecule has 0 saturated heterocycles. The smallest absolute Gasteiger partial charge is 0.0431 e. The van der Waals surface area contributed by atoms with Gasteiger partial charge in [0.05, 0.1) is 0 Å². The molecule has 0 amide bonds. The highest BCUT2D eigenvalue weighted by Crippen LogP contribution is 2.20. The monoisotopic (exact) mass is 452 g/mol. The molecule has 0 aromatic carbocycles. The van der Waals surface area contributed by atoms with Gasteiger partial charge in [-0.1, -0.05) is 175 Å². The van der Waals surface area contributed by atoms with Crippen LogP contribution in [0.1, 0.15) is 181 Å². The van der Waals surface area contributed by atoms with Crippen LogP contribution < -0.4 is 0 Å². The lowest BCUT2D eigenvalue weighted by molar-refractivity contribution is 0.282. The summed E-state index contributed by atoms with van der Waals surface area (Å²) in [6, 6.07) is 0. The highest BCUT2D eigenvalue weighted by atomic mass is 16.2. The quantitative estimate of drug-likeness (QED) is 0.123. The number of rotatable bonds is 27. The van der Waals surface area contributed by atoms with Gasteiger partial charge in [0.2, 0.25) is 0 Å². The summed E-state index contributed by atoms with van der Waals surface area (Å²) in [4.78, 5) is 0. The van der Waals surface area contributed by atoms with Gasteiger partial charge in [-0.2, -0.15) is 0 Å². The maximum atomic E-state index is 8.77. The van der Waals surface area contributed by atoms with Crippen molar-refractivity contribution in [1.29, 1.82) is 0 Å². The topological polar surface area (TPSA) is 20.2 Å². The van der Waals surface area contributed by atoms with Gasteiger partial charge >= 0.3 is 0 Å². The molecule has 0 spiro atoms. The highest BCUT2D eigenvalue weighted by molar-refractivity contribution is 4.57. The minimum atomic E-state index is 0.373. The molecule has 1 heteroatoms. The van der Waals surface area contributed by atoms with E-state index in [1.165, 1.54) is 154 Å². The van der Waals surface area contributed by atoms with Gasteiger partial charge in [0.15, 0.2) is 0 Å². The van der Waals surface area contributed by atoms with E-state index in [4.69, 9.17) is 5.11 Å². The van der Waals surface area contributed by atoms with Crippen LogP contribution in [0.2, 0.25) is 0 Å². The van der Waals surface area contributed by atoms with E-state index >= 15 is 0 Å². The fourth-order valence-corrected chi connectivity index (χ4v) is 4.94. The average Bonchev–Trinajstić information content (AvgIpc) is 2.80. The maximum Gasteiger partial charge on any atom is 0.0431 e. The van der Waals surface area contributed by atoms with Gasteiger partial charge in [0.1, 0.15) is 0 Å². The predicted octanol–water partition coefficient (Wildman–Crippen LogP) is 11.0. The Morgan fingerprint density at radius 1 is 0.375 bits per heavy atom. The first-order chi connectivity index (χ1) is 15.7. The number of hydrogen-bond donors (Lipinski definition) is 1. The number of aliphatic hydroxyl groups is 1. The van der Waals surface area contributed by atoms with E-state index < -0.39 is 0 Å². The predicted molar refractivity (Wildman–Crippen MR) is 147 cm³/mol. The van der Waals surface area contributed by atoms with Crippen molar-refractivity contribution in [3.63, 3.8) is 0 Å². The van der Waals surface area contributed by atoms with Crippen LogP contribution in [0, 0.1) is 11.8 Å². The molecular formula is C31H64O. The second kappa shape index (κ2) is 27.2. The van der Waals surface area contributed by atoms with Crippen LogP contribution in [0.15, 0.2) is 0 Å². The van der Waals surface area contributed by atoms with E-state index in [-0.39, 0.29) is 0 Å². The van der Waals surface area contributed by atoms with Crippen molar-refractivity contribution in [3.05, 3.63) is 0 Å². The van der Waals surface area contributed by atoms with Gasteiger partial charge < -0.3 is 5.11 Å². The third kappa shape index (κ3) is 26.2. The molecule has 0 bridgehead atoms. The third-order valence-corrected chi connectivity index (χ3v) is 7.70. The molecule has 0 fully saturated rings. The number of hydrogen-bond acceptors (Lipinski definition) is 1. The fraction of sp³-hybridized carbons (Fsp3) is 1.00. The Bertz CT molecular complexity index is 326. The minimum Gasteiger partial charge on any atom is -0.396 e. The summed E-state index contributed by atoms with van der Waals surface area (Å²) in [5.41, 5.74) is 0. The van der Waals surface area contributed by atoms with Gasteiger partial charge in [-0.05, 0) is 18.3 Å². The Kier molecular flexibility index (Phi) is 27.2. The lowest BCUT2D eigenvalue weighted by Gasteiger charge is -2.11. The molecule has 0 aromatic rings. The van der Waals surface area contributed by atoms with Crippen molar-refractivity contribution in [2.24, 2.45) is 11.8 Å². The molecule has 194 valence electrons. The summed E-state index contributed by atoms with van der Waals surface area (Å²) in [5, 5.41) is 8.77. The number of unbranched alkanes of at least 4 members (excludes halogenated alkanes) is 19. The first-order valence-electron chi connectivity index (χ1n) is 15.3. The summed E-state index contributed by atoms with van der Waals surface area (Å²) < 4.78 is 0. The van der Waals surface area contributed by atoms with E-state index in [0.717, 1.165) is 18.3 Å². The fourth-order valence-electron chi connectivity index (χ4n) is 4.94. The second-order valence-electron chi connectivity index (χ2n) is 11.1. The summed E-state index contributed by atoms with van der Waals surface area (Å²) in [5.74, 6) is 1.89. The Balaban J connectivity index is 3.14. The van der Waals surface area contributed by atoms with Gasteiger partial charge in [0, 0.05) is 6.61 Å². The van der Waals surface area contributed by atoms with Crippen molar-refractivity contribution < 1.29 is 5.11 Å². The van der Waals surface area contributed by atoms with Crippen molar-refractivity contribution >= 4 is 0 Å². The van der Waals surface area contributed by atoms with E-state index in [9.17, 15) is 0 Å². The lowest BCUT2D eigenvalue weighted by atomic mass is 9.95. The van der Waals surface area contributed by atoms with Gasteiger partial charge in [-0.3, -0.25) is 0 Å². The standard InChI is InChI=1S/C31H64O/c1-4-30(2)26-22-19-17-20-24-28-31(3)27-23-18-15-13-11-9-7-5-6-8-10-12-14-16-21-25-29-32/h30-32H,4-29H2,1-3H3. The third-order valence-electron chi connectivity index (χ3n) is 7.70. The summed E-state index contributed by atoms with van der Waals surface area (Å²) in [6.45, 7) is 7.58. The van der Waals surface area contributed by atoms with Crippen LogP contribution in [0.5, 0.6) is 0 Å². The minimum absolute atomic E-state index is 0.373. The Morgan fingerprint density at radius 3 is 0.906 bits per heavy atom. The molecule has 0 radical (unpaired) electrons. The summed E-state index contributed by atoms with van der Waals surface area (Å²) in [6.07, 6.45) is 35.4. The molecule has 0 heterocycles. The van der Waals surface area contributed by atoms with Crippen LogP contribution >= 0.6 is 0 Å². The van der Waals surface area contributed by atoms with Crippen LogP contribution in [0.3, 0.4) is 0 Å². The average molecular weight is 453 g/mol. The molecule has 1 nitrogen and oxygen atoms in total. The molecular weight excluding hydrogens is 388 g/mol. The van der Waals surface area contributed by atoms with Crippen LogP contribution in [-0.4, -0.2) is 11.7 Å². The molecule has 0 rings (SSSR count). The van der Waals surface area contributed by atoms with E-state index in [1.807, 2.05) is 0 Å². The zero-order valence-electron chi connectivity index (χ0n) is 23.0. The second-order valence-corrected chi connectivity index (χ2v) is 11.1. The van der Waals surface area contributed by atoms with Crippen molar-refractivity contribution in [2.45, 2.75) is 181 Å². The zero-order chi connectivity index (χ0) is 23.5. The summed E-state index contributed by atoms with van der Waals surface area (Å²) in [7, 11) is 0. The van der Waals surface area contributed by atoms with E-state index in [2.05, 4.69) is 20.8 Å². The Hall–Kier alpha value is -0.0400. The molecule has 2 unspecified atom stereocenters. The van der Waals surface area contributed by atoms with Gasteiger partial charge in [-0.15, -0.1) is 0 Å². The Morgan fingerprint density at radius 2 is 0.625 bits per heavy atom. The van der Waals surface area contributed by atoms with Crippen LogP contribution in [0.25, 0.3) is 0 Å². The van der Waals surface area contributed by atoms with Crippen molar-refractivity contribution in [2.75, 3.05) is 6.61 Å². The van der Waals surface area contributed by atoms with Crippen molar-refractivity contribution in [3.8, 4) is 0 Å².